The number of aryl methyl sites for hydroxylation is 1. The summed E-state index contributed by atoms with van der Waals surface area (Å²) >= 11 is 3.35. The molecule has 0 fully saturated rings. The first-order valence-electron chi connectivity index (χ1n) is 10.6. The van der Waals surface area contributed by atoms with Gasteiger partial charge in [0, 0.05) is 4.88 Å². The molecule has 0 saturated heterocycles. The first-order valence-corrected chi connectivity index (χ1v) is 12.4. The average Bonchev–Trinajstić information content (AvgIpc) is 3.44. The van der Waals surface area contributed by atoms with Crippen molar-refractivity contribution in [1.29, 1.82) is 0 Å². The molecule has 0 N–H and O–H groups in total. The zero-order valence-corrected chi connectivity index (χ0v) is 19.4. The Labute approximate surface area is 188 Å². The van der Waals surface area contributed by atoms with Crippen molar-refractivity contribution < 1.29 is 4.42 Å². The second-order valence-corrected chi connectivity index (χ2v) is 11.3. The number of benzene rings is 1. The lowest BCUT2D eigenvalue weighted by Crippen LogP contribution is -2.26. The van der Waals surface area contributed by atoms with Gasteiger partial charge in [-0.1, -0.05) is 44.7 Å². The lowest BCUT2D eigenvalue weighted by atomic mass is 9.72. The van der Waals surface area contributed by atoms with Crippen molar-refractivity contribution in [2.45, 2.75) is 51.0 Å². The minimum atomic E-state index is 0.334. The van der Waals surface area contributed by atoms with Crippen LogP contribution in [0.5, 0.6) is 0 Å². The molecule has 6 rings (SSSR count). The molecular weight excluding hydrogens is 426 g/mol. The Kier molecular flexibility index (Phi) is 4.37. The average molecular weight is 450 g/mol. The fourth-order valence-corrected chi connectivity index (χ4v) is 6.41. The van der Waals surface area contributed by atoms with Gasteiger partial charge in [0.25, 0.3) is 5.22 Å². The minimum Gasteiger partial charge on any atom is -0.431 e. The van der Waals surface area contributed by atoms with E-state index in [1.165, 1.54) is 34.0 Å². The van der Waals surface area contributed by atoms with Gasteiger partial charge >= 0.3 is 0 Å². The summed E-state index contributed by atoms with van der Waals surface area (Å²) in [6.07, 6.45) is 5.25. The lowest BCUT2D eigenvalue weighted by Gasteiger charge is -2.33. The van der Waals surface area contributed by atoms with Gasteiger partial charge in [0.1, 0.15) is 16.7 Å². The van der Waals surface area contributed by atoms with Crippen LogP contribution in [0.4, 0.5) is 0 Å². The van der Waals surface area contributed by atoms with Crippen LogP contribution in [0.25, 0.3) is 27.0 Å². The van der Waals surface area contributed by atoms with Crippen LogP contribution >= 0.6 is 23.1 Å². The monoisotopic (exact) mass is 449 g/mol. The lowest BCUT2D eigenvalue weighted by molar-refractivity contribution is 0.218. The zero-order valence-electron chi connectivity index (χ0n) is 17.8. The third-order valence-electron chi connectivity index (χ3n) is 6.25. The molecular formula is C23H23N5OS2. The van der Waals surface area contributed by atoms with E-state index in [2.05, 4.69) is 30.9 Å². The van der Waals surface area contributed by atoms with E-state index >= 15 is 0 Å². The van der Waals surface area contributed by atoms with E-state index in [-0.39, 0.29) is 0 Å². The molecule has 0 saturated carbocycles. The molecule has 8 heteroatoms. The topological polar surface area (TPSA) is 69.1 Å². The first-order chi connectivity index (χ1) is 15.0. The molecule has 158 valence electrons. The van der Waals surface area contributed by atoms with Gasteiger partial charge in [0.05, 0.1) is 11.1 Å². The molecule has 1 aromatic carbocycles. The first kappa shape index (κ1) is 19.3. The highest BCUT2D eigenvalue weighted by atomic mass is 32.2. The number of nitrogens with zero attached hydrogens (tertiary/aromatic N) is 5. The summed E-state index contributed by atoms with van der Waals surface area (Å²) in [7, 11) is 0. The molecule has 6 nitrogen and oxygen atoms in total. The predicted molar refractivity (Wildman–Crippen MR) is 125 cm³/mol. The second kappa shape index (κ2) is 7.03. The number of fused-ring (bicyclic) bond motifs is 6. The maximum atomic E-state index is 5.81. The van der Waals surface area contributed by atoms with Crippen molar-refractivity contribution in [3.63, 3.8) is 0 Å². The molecule has 5 aromatic rings. The smallest absolute Gasteiger partial charge is 0.257 e. The molecule has 0 aliphatic heterocycles. The molecule has 0 spiro atoms. The van der Waals surface area contributed by atoms with Gasteiger partial charge in [0.2, 0.25) is 0 Å². The third kappa shape index (κ3) is 3.32. The number of oxazole rings is 1. The van der Waals surface area contributed by atoms with Crippen molar-refractivity contribution >= 4 is 50.1 Å². The molecule has 0 bridgehead atoms. The van der Waals surface area contributed by atoms with Crippen LogP contribution in [0, 0.1) is 11.3 Å². The van der Waals surface area contributed by atoms with Crippen LogP contribution in [0.2, 0.25) is 0 Å². The van der Waals surface area contributed by atoms with Crippen molar-refractivity contribution in [2.24, 2.45) is 11.3 Å². The number of aromatic nitrogens is 5. The van der Waals surface area contributed by atoms with Gasteiger partial charge in [-0.2, -0.15) is 0 Å². The summed E-state index contributed by atoms with van der Waals surface area (Å²) in [6.45, 7) is 7.06. The number of hydrogen-bond donors (Lipinski definition) is 0. The SMILES string of the molecule is CC(C)(C)[C@@H]1CCc2c(sc3ncn4nc(CSc5nc6ccccc6o5)nc4c23)C1. The Morgan fingerprint density at radius 1 is 1.23 bits per heavy atom. The zero-order chi connectivity index (χ0) is 21.2. The van der Waals surface area contributed by atoms with E-state index < -0.39 is 0 Å². The van der Waals surface area contributed by atoms with Crippen LogP contribution in [0.3, 0.4) is 0 Å². The molecule has 31 heavy (non-hydrogen) atoms. The molecule has 1 aliphatic rings. The molecule has 4 heterocycles. The minimum absolute atomic E-state index is 0.334. The van der Waals surface area contributed by atoms with Crippen molar-refractivity contribution in [3.05, 3.63) is 46.9 Å². The number of rotatable bonds is 3. The molecule has 1 aliphatic carbocycles. The largest absolute Gasteiger partial charge is 0.431 e. The van der Waals surface area contributed by atoms with Crippen LogP contribution in [0.15, 0.2) is 40.2 Å². The number of hydrogen-bond acceptors (Lipinski definition) is 7. The predicted octanol–water partition coefficient (Wildman–Crippen LogP) is 5.92. The standard InChI is InChI=1S/C23H23N5OS2/c1-23(2,3)13-8-9-14-17(10-13)31-21-19(14)20-26-18(27-28(20)12-24-21)11-30-22-25-15-6-4-5-7-16(15)29-22/h4-7,12-13H,8-11H2,1-3H3/t13-/m1/s1. The van der Waals surface area contributed by atoms with E-state index in [1.807, 2.05) is 40.1 Å². The molecule has 0 amide bonds. The summed E-state index contributed by atoms with van der Waals surface area (Å²) in [6, 6.07) is 7.81. The van der Waals surface area contributed by atoms with E-state index in [0.717, 1.165) is 40.2 Å². The van der Waals surface area contributed by atoms with Gasteiger partial charge < -0.3 is 4.42 Å². The van der Waals surface area contributed by atoms with Gasteiger partial charge in [-0.25, -0.2) is 19.5 Å². The van der Waals surface area contributed by atoms with Crippen LogP contribution < -0.4 is 0 Å². The summed E-state index contributed by atoms with van der Waals surface area (Å²) in [4.78, 5) is 16.7. The normalized spacial score (nSPS) is 17.1. The highest BCUT2D eigenvalue weighted by Crippen LogP contribution is 2.43. The number of para-hydroxylation sites is 2. The van der Waals surface area contributed by atoms with E-state index in [1.54, 1.807) is 6.33 Å². The Morgan fingerprint density at radius 3 is 2.94 bits per heavy atom. The quantitative estimate of drug-likeness (QED) is 0.318. The summed E-state index contributed by atoms with van der Waals surface area (Å²) < 4.78 is 7.64. The molecule has 0 unspecified atom stereocenters. The summed E-state index contributed by atoms with van der Waals surface area (Å²) in [5.74, 6) is 2.09. The third-order valence-corrected chi connectivity index (χ3v) is 8.24. The molecule has 4 aromatic heterocycles. The van der Waals surface area contributed by atoms with Crippen LogP contribution in [-0.4, -0.2) is 24.6 Å². The highest BCUT2D eigenvalue weighted by molar-refractivity contribution is 7.98. The van der Waals surface area contributed by atoms with Crippen LogP contribution in [-0.2, 0) is 18.6 Å². The second-order valence-electron chi connectivity index (χ2n) is 9.27. The van der Waals surface area contributed by atoms with Gasteiger partial charge in [0.15, 0.2) is 17.1 Å². The fraction of sp³-hybridized carbons (Fsp3) is 0.391. The Morgan fingerprint density at radius 2 is 2.10 bits per heavy atom. The van der Waals surface area contributed by atoms with Crippen molar-refractivity contribution in [1.82, 2.24) is 24.6 Å². The number of thiophene rings is 1. The fourth-order valence-electron chi connectivity index (χ4n) is 4.46. The van der Waals surface area contributed by atoms with E-state index in [0.29, 0.717) is 22.3 Å². The van der Waals surface area contributed by atoms with Gasteiger partial charge in [-0.15, -0.1) is 16.4 Å². The van der Waals surface area contributed by atoms with E-state index in [9.17, 15) is 0 Å². The summed E-state index contributed by atoms with van der Waals surface area (Å²) in [5.41, 5.74) is 4.37. The van der Waals surface area contributed by atoms with Gasteiger partial charge in [-0.05, 0) is 48.3 Å². The summed E-state index contributed by atoms with van der Waals surface area (Å²) in [5, 5.41) is 6.51. The van der Waals surface area contributed by atoms with Crippen molar-refractivity contribution in [2.75, 3.05) is 0 Å². The maximum absolute atomic E-state index is 5.81. The van der Waals surface area contributed by atoms with E-state index in [4.69, 9.17) is 14.4 Å². The Balaban J connectivity index is 1.32. The van der Waals surface area contributed by atoms with Crippen molar-refractivity contribution in [3.8, 4) is 0 Å². The highest BCUT2D eigenvalue weighted by Gasteiger charge is 2.31. The molecule has 1 atom stereocenters. The van der Waals surface area contributed by atoms with Gasteiger partial charge in [-0.3, -0.25) is 0 Å². The Hall–Kier alpha value is -2.45. The molecule has 0 radical (unpaired) electrons. The Bertz CT molecular complexity index is 1390. The van der Waals surface area contributed by atoms with Crippen LogP contribution in [0.1, 0.15) is 43.5 Å². The number of thioether (sulfide) groups is 1. The maximum Gasteiger partial charge on any atom is 0.257 e.